The number of para-hydroxylation sites is 1. The average molecular weight is 471 g/mol. The Hall–Kier alpha value is -1.22. The molecule has 7 heteroatoms. The third-order valence-electron chi connectivity index (χ3n) is 3.93. The Morgan fingerprint density at radius 3 is 2.84 bits per heavy atom. The summed E-state index contributed by atoms with van der Waals surface area (Å²) < 4.78 is 1.89. The van der Waals surface area contributed by atoms with Crippen LogP contribution in [0.25, 0.3) is 5.69 Å². The van der Waals surface area contributed by atoms with E-state index in [9.17, 15) is 0 Å². The van der Waals surface area contributed by atoms with E-state index < -0.39 is 0 Å². The SMILES string of the molecule is CCNC(=NCc1ccn(-c2ccccc2)n1)NCC1CCCS1.I. The van der Waals surface area contributed by atoms with Crippen molar-refractivity contribution in [2.75, 3.05) is 18.8 Å². The molecule has 1 aliphatic heterocycles. The second kappa shape index (κ2) is 10.7. The van der Waals surface area contributed by atoms with E-state index in [1.165, 1.54) is 18.6 Å². The number of aliphatic imine (C=N–C) groups is 1. The molecule has 1 unspecified atom stereocenters. The first-order valence-electron chi connectivity index (χ1n) is 8.59. The summed E-state index contributed by atoms with van der Waals surface area (Å²) in [5.41, 5.74) is 2.03. The van der Waals surface area contributed by atoms with Gasteiger partial charge in [-0.25, -0.2) is 9.67 Å². The van der Waals surface area contributed by atoms with Crippen molar-refractivity contribution in [3.8, 4) is 5.69 Å². The third-order valence-corrected chi connectivity index (χ3v) is 5.33. The number of benzene rings is 1. The number of thioether (sulfide) groups is 1. The number of halogens is 1. The lowest BCUT2D eigenvalue weighted by atomic mass is 10.2. The van der Waals surface area contributed by atoms with Crippen molar-refractivity contribution in [3.05, 3.63) is 48.3 Å². The molecule has 136 valence electrons. The molecule has 2 N–H and O–H groups in total. The topological polar surface area (TPSA) is 54.2 Å². The van der Waals surface area contributed by atoms with Gasteiger partial charge in [0.1, 0.15) is 0 Å². The minimum Gasteiger partial charge on any atom is -0.357 e. The standard InChI is InChI=1S/C18H25N5S.HI/c1-2-19-18(21-14-17-9-6-12-24-17)20-13-15-10-11-23(22-15)16-7-4-3-5-8-16;/h3-5,7-8,10-11,17H,2,6,9,12-14H2,1H3,(H2,19,20,21);1H. The van der Waals surface area contributed by atoms with Crippen molar-refractivity contribution in [1.82, 2.24) is 20.4 Å². The average Bonchev–Trinajstić information content (AvgIpc) is 3.30. The molecule has 1 aliphatic rings. The lowest BCUT2D eigenvalue weighted by molar-refractivity contribution is 0.725. The highest BCUT2D eigenvalue weighted by Crippen LogP contribution is 2.25. The lowest BCUT2D eigenvalue weighted by Gasteiger charge is -2.14. The summed E-state index contributed by atoms with van der Waals surface area (Å²) in [5.74, 6) is 2.16. The molecular formula is C18H26IN5S. The maximum absolute atomic E-state index is 4.66. The van der Waals surface area contributed by atoms with Gasteiger partial charge in [0.25, 0.3) is 0 Å². The molecule has 1 aromatic carbocycles. The van der Waals surface area contributed by atoms with E-state index in [1.807, 2.05) is 47.3 Å². The third kappa shape index (κ3) is 6.22. The molecule has 1 atom stereocenters. The van der Waals surface area contributed by atoms with Gasteiger partial charge in [0.15, 0.2) is 5.96 Å². The quantitative estimate of drug-likeness (QED) is 0.385. The molecule has 2 heterocycles. The zero-order valence-electron chi connectivity index (χ0n) is 14.5. The Balaban J connectivity index is 0.00000225. The van der Waals surface area contributed by atoms with Crippen LogP contribution in [0.2, 0.25) is 0 Å². The van der Waals surface area contributed by atoms with Gasteiger partial charge in [-0.2, -0.15) is 16.9 Å². The predicted octanol–water partition coefficient (Wildman–Crippen LogP) is 3.44. The number of guanidine groups is 1. The van der Waals surface area contributed by atoms with Crippen LogP contribution in [0.4, 0.5) is 0 Å². The van der Waals surface area contributed by atoms with Gasteiger partial charge >= 0.3 is 0 Å². The number of rotatable bonds is 6. The molecule has 0 saturated carbocycles. The van der Waals surface area contributed by atoms with Gasteiger partial charge < -0.3 is 10.6 Å². The number of hydrogen-bond acceptors (Lipinski definition) is 3. The van der Waals surface area contributed by atoms with E-state index in [0.717, 1.165) is 30.4 Å². The Labute approximate surface area is 171 Å². The molecule has 1 saturated heterocycles. The van der Waals surface area contributed by atoms with Gasteiger partial charge in [-0.05, 0) is 43.7 Å². The van der Waals surface area contributed by atoms with E-state index in [2.05, 4.69) is 39.4 Å². The van der Waals surface area contributed by atoms with Crippen molar-refractivity contribution in [2.45, 2.75) is 31.6 Å². The minimum atomic E-state index is 0. The number of nitrogens with one attached hydrogen (secondary N) is 2. The van der Waals surface area contributed by atoms with Crippen molar-refractivity contribution < 1.29 is 0 Å². The van der Waals surface area contributed by atoms with Crippen LogP contribution in [0.5, 0.6) is 0 Å². The highest BCUT2D eigenvalue weighted by atomic mass is 127. The molecular weight excluding hydrogens is 445 g/mol. The second-order valence-electron chi connectivity index (χ2n) is 5.80. The Morgan fingerprint density at radius 2 is 2.12 bits per heavy atom. The van der Waals surface area contributed by atoms with Crippen molar-refractivity contribution in [3.63, 3.8) is 0 Å². The molecule has 3 rings (SSSR count). The van der Waals surface area contributed by atoms with Gasteiger partial charge in [-0.15, -0.1) is 24.0 Å². The minimum absolute atomic E-state index is 0. The zero-order chi connectivity index (χ0) is 16.6. The summed E-state index contributed by atoms with van der Waals surface area (Å²) in [6.07, 6.45) is 4.62. The summed E-state index contributed by atoms with van der Waals surface area (Å²) in [4.78, 5) is 4.66. The van der Waals surface area contributed by atoms with E-state index in [0.29, 0.717) is 11.8 Å². The van der Waals surface area contributed by atoms with Gasteiger partial charge in [0, 0.05) is 24.5 Å². The Kier molecular flexibility index (Phi) is 8.60. The fourth-order valence-corrected chi connectivity index (χ4v) is 3.89. The molecule has 0 bridgehead atoms. The Bertz CT molecular complexity index is 652. The molecule has 2 aromatic rings. The van der Waals surface area contributed by atoms with E-state index in [1.54, 1.807) is 0 Å². The fourth-order valence-electron chi connectivity index (χ4n) is 2.69. The van der Waals surface area contributed by atoms with Crippen LogP contribution in [-0.2, 0) is 6.54 Å². The highest BCUT2D eigenvalue weighted by Gasteiger charge is 2.15. The normalized spacial score (nSPS) is 17.2. The second-order valence-corrected chi connectivity index (χ2v) is 7.21. The maximum atomic E-state index is 4.66. The molecule has 1 aromatic heterocycles. The van der Waals surface area contributed by atoms with Gasteiger partial charge in [-0.1, -0.05) is 18.2 Å². The van der Waals surface area contributed by atoms with Gasteiger partial charge in [0.2, 0.25) is 0 Å². The summed E-state index contributed by atoms with van der Waals surface area (Å²) in [6.45, 7) is 4.51. The van der Waals surface area contributed by atoms with Crippen LogP contribution < -0.4 is 10.6 Å². The first-order chi connectivity index (χ1) is 11.8. The van der Waals surface area contributed by atoms with Crippen LogP contribution in [0.15, 0.2) is 47.6 Å². The van der Waals surface area contributed by atoms with Crippen LogP contribution in [-0.4, -0.2) is 39.8 Å². The number of nitrogens with zero attached hydrogens (tertiary/aromatic N) is 3. The molecule has 0 spiro atoms. The van der Waals surface area contributed by atoms with Gasteiger partial charge in [0.05, 0.1) is 17.9 Å². The molecule has 1 fully saturated rings. The highest BCUT2D eigenvalue weighted by molar-refractivity contribution is 14.0. The Morgan fingerprint density at radius 1 is 1.28 bits per heavy atom. The van der Waals surface area contributed by atoms with Crippen LogP contribution in [0.1, 0.15) is 25.5 Å². The van der Waals surface area contributed by atoms with Crippen LogP contribution >= 0.6 is 35.7 Å². The first kappa shape index (κ1) is 20.1. The van der Waals surface area contributed by atoms with Crippen molar-refractivity contribution in [1.29, 1.82) is 0 Å². The molecule has 0 aliphatic carbocycles. The molecule has 5 nitrogen and oxygen atoms in total. The first-order valence-corrected chi connectivity index (χ1v) is 9.64. The van der Waals surface area contributed by atoms with Crippen molar-refractivity contribution in [2.24, 2.45) is 4.99 Å². The summed E-state index contributed by atoms with van der Waals surface area (Å²) in [6, 6.07) is 12.2. The van der Waals surface area contributed by atoms with Gasteiger partial charge in [-0.3, -0.25) is 0 Å². The van der Waals surface area contributed by atoms with E-state index >= 15 is 0 Å². The molecule has 25 heavy (non-hydrogen) atoms. The van der Waals surface area contributed by atoms with E-state index in [4.69, 9.17) is 0 Å². The summed E-state index contributed by atoms with van der Waals surface area (Å²) in [5, 5.41) is 12.1. The van der Waals surface area contributed by atoms with Crippen LogP contribution in [0.3, 0.4) is 0 Å². The van der Waals surface area contributed by atoms with Crippen molar-refractivity contribution >= 4 is 41.7 Å². The van der Waals surface area contributed by atoms with Crippen LogP contribution in [0, 0.1) is 0 Å². The molecule has 0 amide bonds. The zero-order valence-corrected chi connectivity index (χ0v) is 17.7. The summed E-state index contributed by atoms with van der Waals surface area (Å²) >= 11 is 2.06. The summed E-state index contributed by atoms with van der Waals surface area (Å²) in [7, 11) is 0. The number of hydrogen-bond donors (Lipinski definition) is 2. The predicted molar refractivity (Wildman–Crippen MR) is 117 cm³/mol. The maximum Gasteiger partial charge on any atom is 0.191 e. The fraction of sp³-hybridized carbons (Fsp3) is 0.444. The smallest absolute Gasteiger partial charge is 0.191 e. The molecule has 0 radical (unpaired) electrons. The number of aromatic nitrogens is 2. The van der Waals surface area contributed by atoms with E-state index in [-0.39, 0.29) is 24.0 Å². The lowest BCUT2D eigenvalue weighted by Crippen LogP contribution is -2.40. The monoisotopic (exact) mass is 471 g/mol. The largest absolute Gasteiger partial charge is 0.357 e.